The zero-order chi connectivity index (χ0) is 13.6. The quantitative estimate of drug-likeness (QED) is 0.714. The number of ether oxygens (including phenoxy) is 1. The Morgan fingerprint density at radius 3 is 2.44 bits per heavy atom. The van der Waals surface area contributed by atoms with Gasteiger partial charge < -0.3 is 4.74 Å². The molecule has 1 aromatic rings. The molecule has 0 fully saturated rings. The fourth-order valence-electron chi connectivity index (χ4n) is 1.43. The van der Waals surface area contributed by atoms with Crippen molar-refractivity contribution in [3.63, 3.8) is 0 Å². The largest absolute Gasteiger partial charge is 0.469 e. The van der Waals surface area contributed by atoms with Crippen LogP contribution in [0.4, 0.5) is 0 Å². The number of nitrogens with one attached hydrogen (secondary N) is 2. The third kappa shape index (κ3) is 4.10. The molecule has 0 saturated carbocycles. The molecule has 0 unspecified atom stereocenters. The van der Waals surface area contributed by atoms with E-state index in [2.05, 4.69) is 14.2 Å². The van der Waals surface area contributed by atoms with Crippen molar-refractivity contribution in [3.05, 3.63) is 35.9 Å². The van der Waals surface area contributed by atoms with Gasteiger partial charge in [0.05, 0.1) is 13.0 Å². The van der Waals surface area contributed by atoms with Crippen LogP contribution in [0.3, 0.4) is 0 Å². The van der Waals surface area contributed by atoms with E-state index in [9.17, 15) is 13.2 Å². The molecule has 0 aromatic heterocycles. The number of carbonyl (C=O) groups is 1. The molecule has 0 amide bonds. The van der Waals surface area contributed by atoms with Crippen LogP contribution in [-0.2, 0) is 19.7 Å². The average molecular weight is 272 g/mol. The number of esters is 1. The lowest BCUT2D eigenvalue weighted by Gasteiger charge is -2.15. The molecule has 0 radical (unpaired) electrons. The summed E-state index contributed by atoms with van der Waals surface area (Å²) in [5.74, 6) is -1.15. The summed E-state index contributed by atoms with van der Waals surface area (Å²) in [7, 11) is -1.01. The molecule has 0 spiro atoms. The molecule has 6 nitrogen and oxygen atoms in total. The Balaban J connectivity index is 2.85. The maximum atomic E-state index is 11.6. The number of methoxy groups -OCH3 is 1. The highest BCUT2D eigenvalue weighted by molar-refractivity contribution is 7.87. The number of hydrogen-bond acceptors (Lipinski definition) is 4. The first-order chi connectivity index (χ1) is 8.50. The van der Waals surface area contributed by atoms with Gasteiger partial charge in [0.15, 0.2) is 0 Å². The second kappa shape index (κ2) is 6.48. The highest BCUT2D eigenvalue weighted by Gasteiger charge is 2.22. The molecule has 0 aliphatic heterocycles. The van der Waals surface area contributed by atoms with Crippen LogP contribution in [0.15, 0.2) is 30.3 Å². The second-order valence-corrected chi connectivity index (χ2v) is 5.25. The molecule has 0 bridgehead atoms. The SMILES string of the molecule is CNS(=O)(=O)NC[C@H](C(=O)OC)c1ccccc1. The normalized spacial score (nSPS) is 13.0. The van der Waals surface area contributed by atoms with E-state index in [1.807, 2.05) is 6.07 Å². The summed E-state index contributed by atoms with van der Waals surface area (Å²) in [5, 5.41) is 0. The van der Waals surface area contributed by atoms with Gasteiger partial charge in [-0.1, -0.05) is 30.3 Å². The molecule has 0 heterocycles. The van der Waals surface area contributed by atoms with Crippen molar-refractivity contribution in [1.29, 1.82) is 0 Å². The Labute approximate surface area is 107 Å². The van der Waals surface area contributed by atoms with Crippen LogP contribution in [-0.4, -0.2) is 35.1 Å². The van der Waals surface area contributed by atoms with E-state index in [4.69, 9.17) is 0 Å². The van der Waals surface area contributed by atoms with Gasteiger partial charge in [-0.2, -0.15) is 8.42 Å². The lowest BCUT2D eigenvalue weighted by atomic mass is 10.00. The molecule has 1 atom stereocenters. The summed E-state index contributed by atoms with van der Waals surface area (Å²) in [6, 6.07) is 8.86. The summed E-state index contributed by atoms with van der Waals surface area (Å²) in [5.41, 5.74) is 0.697. The van der Waals surface area contributed by atoms with E-state index in [0.717, 1.165) is 0 Å². The average Bonchev–Trinajstić information content (AvgIpc) is 2.39. The predicted octanol–water partition coefficient (Wildman–Crippen LogP) is -0.00300. The topological polar surface area (TPSA) is 84.5 Å². The maximum Gasteiger partial charge on any atom is 0.314 e. The highest BCUT2D eigenvalue weighted by Crippen LogP contribution is 2.16. The van der Waals surface area contributed by atoms with Crippen LogP contribution in [0, 0.1) is 0 Å². The van der Waals surface area contributed by atoms with Crippen molar-refractivity contribution in [3.8, 4) is 0 Å². The summed E-state index contributed by atoms with van der Waals surface area (Å²) < 4.78 is 31.6. The van der Waals surface area contributed by atoms with Crippen molar-refractivity contribution in [1.82, 2.24) is 9.44 Å². The molecule has 0 aliphatic carbocycles. The van der Waals surface area contributed by atoms with Gasteiger partial charge in [-0.15, -0.1) is 0 Å². The fraction of sp³-hybridized carbons (Fsp3) is 0.364. The summed E-state index contributed by atoms with van der Waals surface area (Å²) >= 11 is 0. The Bertz CT molecular complexity index is 487. The van der Waals surface area contributed by atoms with E-state index in [-0.39, 0.29) is 6.54 Å². The van der Waals surface area contributed by atoms with Gasteiger partial charge >= 0.3 is 5.97 Å². The Morgan fingerprint density at radius 1 is 1.33 bits per heavy atom. The third-order valence-corrected chi connectivity index (χ3v) is 3.52. The van der Waals surface area contributed by atoms with Crippen LogP contribution in [0.1, 0.15) is 11.5 Å². The van der Waals surface area contributed by atoms with Crippen molar-refractivity contribution in [2.45, 2.75) is 5.92 Å². The number of rotatable bonds is 6. The number of benzene rings is 1. The summed E-state index contributed by atoms with van der Waals surface area (Å²) in [6.07, 6.45) is 0. The highest BCUT2D eigenvalue weighted by atomic mass is 32.2. The van der Waals surface area contributed by atoms with Gasteiger partial charge in [-0.05, 0) is 5.56 Å². The van der Waals surface area contributed by atoms with Gasteiger partial charge in [-0.3, -0.25) is 4.79 Å². The Kier molecular flexibility index (Phi) is 5.26. The second-order valence-electron chi connectivity index (χ2n) is 3.54. The van der Waals surface area contributed by atoms with Gasteiger partial charge in [-0.25, -0.2) is 9.44 Å². The monoisotopic (exact) mass is 272 g/mol. The van der Waals surface area contributed by atoms with Gasteiger partial charge in [0, 0.05) is 13.6 Å². The van der Waals surface area contributed by atoms with Crippen molar-refractivity contribution in [2.75, 3.05) is 20.7 Å². The minimum Gasteiger partial charge on any atom is -0.469 e. The molecule has 18 heavy (non-hydrogen) atoms. The van der Waals surface area contributed by atoms with Crippen LogP contribution >= 0.6 is 0 Å². The molecule has 2 N–H and O–H groups in total. The van der Waals surface area contributed by atoms with E-state index < -0.39 is 22.1 Å². The minimum atomic E-state index is -3.57. The number of hydrogen-bond donors (Lipinski definition) is 2. The lowest BCUT2D eigenvalue weighted by molar-refractivity contribution is -0.142. The Hall–Kier alpha value is -1.44. The molecule has 1 aromatic carbocycles. The molecule has 7 heteroatoms. The third-order valence-electron chi connectivity index (χ3n) is 2.43. The summed E-state index contributed by atoms with van der Waals surface area (Å²) in [6.45, 7) is -0.0557. The van der Waals surface area contributed by atoms with Gasteiger partial charge in [0.2, 0.25) is 0 Å². The van der Waals surface area contributed by atoms with E-state index in [0.29, 0.717) is 5.56 Å². The predicted molar refractivity (Wildman–Crippen MR) is 67.2 cm³/mol. The first-order valence-electron chi connectivity index (χ1n) is 5.31. The minimum absolute atomic E-state index is 0.0557. The van der Waals surface area contributed by atoms with Crippen LogP contribution < -0.4 is 9.44 Å². The first-order valence-corrected chi connectivity index (χ1v) is 6.79. The molecule has 1 rings (SSSR count). The maximum absolute atomic E-state index is 11.6. The molecule has 0 aliphatic rings. The van der Waals surface area contributed by atoms with Gasteiger partial charge in [0.25, 0.3) is 10.2 Å². The lowest BCUT2D eigenvalue weighted by Crippen LogP contribution is -2.38. The summed E-state index contributed by atoms with van der Waals surface area (Å²) in [4.78, 5) is 11.6. The van der Waals surface area contributed by atoms with Crippen LogP contribution in [0.5, 0.6) is 0 Å². The molecule has 100 valence electrons. The van der Waals surface area contributed by atoms with Gasteiger partial charge in [0.1, 0.15) is 0 Å². The van der Waals surface area contributed by atoms with Crippen LogP contribution in [0.2, 0.25) is 0 Å². The first kappa shape index (κ1) is 14.6. The number of carbonyl (C=O) groups excluding carboxylic acids is 1. The molecular weight excluding hydrogens is 256 g/mol. The van der Waals surface area contributed by atoms with Crippen LogP contribution in [0.25, 0.3) is 0 Å². The van der Waals surface area contributed by atoms with E-state index in [1.165, 1.54) is 14.2 Å². The Morgan fingerprint density at radius 2 is 1.94 bits per heavy atom. The van der Waals surface area contributed by atoms with Crippen molar-refractivity contribution >= 4 is 16.2 Å². The molecule has 0 saturated heterocycles. The zero-order valence-electron chi connectivity index (χ0n) is 10.2. The van der Waals surface area contributed by atoms with Crippen molar-refractivity contribution in [2.24, 2.45) is 0 Å². The smallest absolute Gasteiger partial charge is 0.314 e. The van der Waals surface area contributed by atoms with E-state index in [1.54, 1.807) is 24.3 Å². The zero-order valence-corrected chi connectivity index (χ0v) is 11.0. The van der Waals surface area contributed by atoms with E-state index >= 15 is 0 Å². The fourth-order valence-corrected chi connectivity index (χ4v) is 1.96. The van der Waals surface area contributed by atoms with Crippen molar-refractivity contribution < 1.29 is 17.9 Å². The standard InChI is InChI=1S/C11H16N2O4S/c1-12-18(15,16)13-8-10(11(14)17-2)9-6-4-3-5-7-9/h3-7,10,12-13H,8H2,1-2H3/t10-/m0/s1. The molecular formula is C11H16N2O4S.